The maximum Gasteiger partial charge on any atom is 0.122 e. The second-order valence-electron chi connectivity index (χ2n) is 2.98. The van der Waals surface area contributed by atoms with Gasteiger partial charge in [-0.3, -0.25) is 0 Å². The lowest BCUT2D eigenvalue weighted by atomic mass is 10.3. The summed E-state index contributed by atoms with van der Waals surface area (Å²) in [6.45, 7) is 3.44. The zero-order valence-corrected chi connectivity index (χ0v) is 9.15. The molecule has 0 aromatic heterocycles. The lowest BCUT2D eigenvalue weighted by molar-refractivity contribution is 0.216. The molecule has 0 radical (unpaired) electrons. The van der Waals surface area contributed by atoms with E-state index in [0.717, 1.165) is 11.5 Å². The van der Waals surface area contributed by atoms with Crippen molar-refractivity contribution in [2.24, 2.45) is 0 Å². The van der Waals surface area contributed by atoms with Gasteiger partial charge in [-0.2, -0.15) is 0 Å². The van der Waals surface area contributed by atoms with Crippen molar-refractivity contribution in [2.75, 3.05) is 14.2 Å². The molecule has 0 atom stereocenters. The highest BCUT2D eigenvalue weighted by Crippen LogP contribution is 2.17. The van der Waals surface area contributed by atoms with E-state index in [4.69, 9.17) is 14.6 Å². The minimum absolute atomic E-state index is 0.167. The average molecular weight is 198 g/mol. The van der Waals surface area contributed by atoms with E-state index >= 15 is 0 Å². The fourth-order valence-electron chi connectivity index (χ4n) is 0.728. The van der Waals surface area contributed by atoms with Crippen molar-refractivity contribution in [3.05, 3.63) is 24.3 Å². The molecule has 80 valence electrons. The van der Waals surface area contributed by atoms with Crippen molar-refractivity contribution in [1.29, 1.82) is 0 Å². The topological polar surface area (TPSA) is 38.7 Å². The summed E-state index contributed by atoms with van der Waals surface area (Å²) in [6, 6.07) is 7.47. The van der Waals surface area contributed by atoms with Gasteiger partial charge in [0.1, 0.15) is 11.5 Å². The van der Waals surface area contributed by atoms with E-state index in [1.54, 1.807) is 28.1 Å². The van der Waals surface area contributed by atoms with E-state index in [2.05, 4.69) is 0 Å². The first-order chi connectivity index (χ1) is 6.60. The third kappa shape index (κ3) is 6.31. The predicted octanol–water partition coefficient (Wildman–Crippen LogP) is 2.09. The van der Waals surface area contributed by atoms with Crippen LogP contribution in [0.1, 0.15) is 13.8 Å². The molecule has 0 aliphatic rings. The van der Waals surface area contributed by atoms with E-state index < -0.39 is 0 Å². The maximum atomic E-state index is 8.06. The van der Waals surface area contributed by atoms with Gasteiger partial charge in [-0.05, 0) is 26.0 Å². The zero-order valence-electron chi connectivity index (χ0n) is 9.15. The second-order valence-corrected chi connectivity index (χ2v) is 2.98. The van der Waals surface area contributed by atoms with Gasteiger partial charge in [0.25, 0.3) is 0 Å². The number of benzene rings is 1. The molecule has 14 heavy (non-hydrogen) atoms. The fourth-order valence-corrected chi connectivity index (χ4v) is 0.728. The fraction of sp³-hybridized carbons (Fsp3) is 0.455. The summed E-state index contributed by atoms with van der Waals surface area (Å²) in [5, 5.41) is 8.06. The van der Waals surface area contributed by atoms with Crippen LogP contribution in [0.2, 0.25) is 0 Å². The Labute approximate surface area is 85.3 Å². The van der Waals surface area contributed by atoms with Crippen molar-refractivity contribution in [3.63, 3.8) is 0 Å². The molecular formula is C11H18O3. The Hall–Kier alpha value is -1.22. The van der Waals surface area contributed by atoms with E-state index in [-0.39, 0.29) is 6.10 Å². The van der Waals surface area contributed by atoms with Crippen LogP contribution in [-0.2, 0) is 0 Å². The monoisotopic (exact) mass is 198 g/mol. The van der Waals surface area contributed by atoms with Gasteiger partial charge in [-0.1, -0.05) is 6.07 Å². The molecule has 0 aliphatic carbocycles. The second kappa shape index (κ2) is 7.21. The third-order valence-corrected chi connectivity index (χ3v) is 1.28. The zero-order chi connectivity index (χ0) is 11.0. The Balaban J connectivity index is 0.000000364. The molecule has 0 aliphatic heterocycles. The van der Waals surface area contributed by atoms with Crippen molar-refractivity contribution in [2.45, 2.75) is 20.0 Å². The molecular weight excluding hydrogens is 180 g/mol. The summed E-state index contributed by atoms with van der Waals surface area (Å²) in [4.78, 5) is 0. The highest BCUT2D eigenvalue weighted by molar-refractivity contribution is 5.32. The van der Waals surface area contributed by atoms with Crippen molar-refractivity contribution in [3.8, 4) is 11.5 Å². The molecule has 0 saturated carbocycles. The molecule has 1 N–H and O–H groups in total. The van der Waals surface area contributed by atoms with Gasteiger partial charge in [0, 0.05) is 12.2 Å². The highest BCUT2D eigenvalue weighted by Gasteiger charge is 1.91. The summed E-state index contributed by atoms with van der Waals surface area (Å²) in [6.07, 6.45) is -0.167. The molecule has 0 fully saturated rings. The molecule has 0 amide bonds. The van der Waals surface area contributed by atoms with Crippen LogP contribution >= 0.6 is 0 Å². The molecule has 1 aromatic rings. The molecule has 3 heteroatoms. The van der Waals surface area contributed by atoms with E-state index in [0.29, 0.717) is 0 Å². The molecule has 1 aromatic carbocycles. The van der Waals surface area contributed by atoms with Gasteiger partial charge in [-0.25, -0.2) is 0 Å². The Morgan fingerprint density at radius 1 is 1.07 bits per heavy atom. The molecule has 0 bridgehead atoms. The largest absolute Gasteiger partial charge is 0.497 e. The van der Waals surface area contributed by atoms with Gasteiger partial charge in [0.15, 0.2) is 0 Å². The first kappa shape index (κ1) is 12.8. The summed E-state index contributed by atoms with van der Waals surface area (Å²) in [7, 11) is 3.27. The molecule has 0 heterocycles. The molecule has 0 spiro atoms. The normalized spacial score (nSPS) is 9.00. The first-order valence-electron chi connectivity index (χ1n) is 4.46. The third-order valence-electron chi connectivity index (χ3n) is 1.28. The van der Waals surface area contributed by atoms with Crippen LogP contribution in [0.15, 0.2) is 24.3 Å². The quantitative estimate of drug-likeness (QED) is 0.790. The van der Waals surface area contributed by atoms with Gasteiger partial charge in [-0.15, -0.1) is 0 Å². The van der Waals surface area contributed by atoms with E-state index in [1.165, 1.54) is 0 Å². The number of aliphatic hydroxyl groups excluding tert-OH is 1. The predicted molar refractivity (Wildman–Crippen MR) is 56.9 cm³/mol. The summed E-state index contributed by atoms with van der Waals surface area (Å²) >= 11 is 0. The Morgan fingerprint density at radius 2 is 1.43 bits per heavy atom. The van der Waals surface area contributed by atoms with Gasteiger partial charge in [0.2, 0.25) is 0 Å². The molecule has 0 saturated heterocycles. The van der Waals surface area contributed by atoms with E-state index in [1.807, 2.05) is 24.3 Å². The number of hydrogen-bond acceptors (Lipinski definition) is 3. The number of rotatable bonds is 2. The molecule has 0 unspecified atom stereocenters. The Morgan fingerprint density at radius 3 is 1.71 bits per heavy atom. The van der Waals surface area contributed by atoms with E-state index in [9.17, 15) is 0 Å². The number of hydrogen-bond donors (Lipinski definition) is 1. The average Bonchev–Trinajstić information content (AvgIpc) is 2.17. The lowest BCUT2D eigenvalue weighted by Crippen LogP contribution is -1.85. The smallest absolute Gasteiger partial charge is 0.122 e. The Bertz CT molecular complexity index is 224. The SMILES string of the molecule is CC(C)O.COc1cccc(OC)c1. The van der Waals surface area contributed by atoms with Crippen LogP contribution in [0.5, 0.6) is 11.5 Å². The van der Waals surface area contributed by atoms with Crippen LogP contribution in [0, 0.1) is 0 Å². The van der Waals surface area contributed by atoms with Crippen LogP contribution in [-0.4, -0.2) is 25.4 Å². The van der Waals surface area contributed by atoms with Gasteiger partial charge in [0.05, 0.1) is 14.2 Å². The summed E-state index contributed by atoms with van der Waals surface area (Å²) in [5.74, 6) is 1.64. The standard InChI is InChI=1S/C8H10O2.C3H8O/c1-9-7-4-3-5-8(6-7)10-2;1-3(2)4/h3-6H,1-2H3;3-4H,1-2H3. The minimum atomic E-state index is -0.167. The van der Waals surface area contributed by atoms with Crippen LogP contribution in [0.25, 0.3) is 0 Å². The van der Waals surface area contributed by atoms with Crippen LogP contribution < -0.4 is 9.47 Å². The van der Waals surface area contributed by atoms with Crippen LogP contribution in [0.4, 0.5) is 0 Å². The Kier molecular flexibility index (Phi) is 6.58. The van der Waals surface area contributed by atoms with Crippen molar-refractivity contribution < 1.29 is 14.6 Å². The first-order valence-corrected chi connectivity index (χ1v) is 4.46. The number of ether oxygens (including phenoxy) is 2. The summed E-state index contributed by atoms with van der Waals surface area (Å²) < 4.78 is 9.95. The van der Waals surface area contributed by atoms with Crippen LogP contribution in [0.3, 0.4) is 0 Å². The number of aliphatic hydroxyl groups is 1. The maximum absolute atomic E-state index is 8.06. The summed E-state index contributed by atoms with van der Waals surface area (Å²) in [5.41, 5.74) is 0. The molecule has 1 rings (SSSR count). The lowest BCUT2D eigenvalue weighted by Gasteiger charge is -2.01. The number of methoxy groups -OCH3 is 2. The van der Waals surface area contributed by atoms with Crippen molar-refractivity contribution >= 4 is 0 Å². The highest BCUT2D eigenvalue weighted by atomic mass is 16.5. The van der Waals surface area contributed by atoms with Crippen molar-refractivity contribution in [1.82, 2.24) is 0 Å². The van der Waals surface area contributed by atoms with Gasteiger partial charge >= 0.3 is 0 Å². The molecule has 3 nitrogen and oxygen atoms in total. The van der Waals surface area contributed by atoms with Gasteiger partial charge < -0.3 is 14.6 Å². The minimum Gasteiger partial charge on any atom is -0.497 e.